The van der Waals surface area contributed by atoms with Crippen molar-refractivity contribution >= 4 is 0 Å². The summed E-state index contributed by atoms with van der Waals surface area (Å²) in [6.07, 6.45) is 0.788. The molecule has 0 aliphatic carbocycles. The van der Waals surface area contributed by atoms with Gasteiger partial charge in [0.25, 0.3) is 0 Å². The third kappa shape index (κ3) is 7.88. The molecule has 0 spiro atoms. The van der Waals surface area contributed by atoms with Gasteiger partial charge in [-0.15, -0.1) is 0 Å². The normalized spacial score (nSPS) is 13.7. The Morgan fingerprint density at radius 2 is 2.33 bits per heavy atom. The predicted octanol–water partition coefficient (Wildman–Crippen LogP) is 0.0802. The summed E-state index contributed by atoms with van der Waals surface area (Å²) in [5.41, 5.74) is 5.07. The number of ether oxygens (including phenoxy) is 1. The van der Waals surface area contributed by atoms with Crippen molar-refractivity contribution < 1.29 is 9.84 Å². The second-order valence-electron chi connectivity index (χ2n) is 1.91. The van der Waals surface area contributed by atoms with Crippen molar-refractivity contribution in [3.05, 3.63) is 0 Å². The number of rotatable bonds is 5. The van der Waals surface area contributed by atoms with E-state index < -0.39 is 6.23 Å². The van der Waals surface area contributed by atoms with Gasteiger partial charge >= 0.3 is 0 Å². The Morgan fingerprint density at radius 1 is 1.67 bits per heavy atom. The molecule has 0 saturated heterocycles. The van der Waals surface area contributed by atoms with Crippen molar-refractivity contribution in [1.29, 1.82) is 0 Å². The molecule has 56 valence electrons. The van der Waals surface area contributed by atoms with E-state index in [1.54, 1.807) is 0 Å². The van der Waals surface area contributed by atoms with Gasteiger partial charge in [-0.1, -0.05) is 0 Å². The van der Waals surface area contributed by atoms with E-state index in [1.165, 1.54) is 0 Å². The smallest absolute Gasteiger partial charge is 0.102 e. The molecule has 3 N–H and O–H groups in total. The Hall–Kier alpha value is -0.120. The summed E-state index contributed by atoms with van der Waals surface area (Å²) in [4.78, 5) is 0. The molecule has 0 amide bonds. The van der Waals surface area contributed by atoms with Gasteiger partial charge in [0.05, 0.1) is 0 Å². The van der Waals surface area contributed by atoms with E-state index in [-0.39, 0.29) is 0 Å². The molecule has 0 radical (unpaired) electrons. The molecule has 0 aliphatic rings. The zero-order valence-corrected chi connectivity index (χ0v) is 5.84. The van der Waals surface area contributed by atoms with Crippen LogP contribution in [-0.2, 0) is 4.74 Å². The molecule has 0 aromatic rings. The Morgan fingerprint density at radius 3 is 2.78 bits per heavy atom. The van der Waals surface area contributed by atoms with Crippen LogP contribution in [0.1, 0.15) is 19.8 Å². The number of hydrogen-bond donors (Lipinski definition) is 2. The molecule has 0 aromatic heterocycles. The van der Waals surface area contributed by atoms with Crippen molar-refractivity contribution in [1.82, 2.24) is 0 Å². The van der Waals surface area contributed by atoms with Gasteiger partial charge < -0.3 is 15.6 Å². The average Bonchev–Trinajstić information content (AvgIpc) is 1.80. The average molecular weight is 133 g/mol. The van der Waals surface area contributed by atoms with Crippen molar-refractivity contribution in [2.24, 2.45) is 5.73 Å². The molecule has 0 aromatic carbocycles. The monoisotopic (exact) mass is 133 g/mol. The largest absolute Gasteiger partial charge is 0.382 e. The minimum absolute atomic E-state index is 0.625. The fourth-order valence-corrected chi connectivity index (χ4v) is 0.539. The summed E-state index contributed by atoms with van der Waals surface area (Å²) in [6, 6.07) is 0. The molecular weight excluding hydrogens is 118 g/mol. The lowest BCUT2D eigenvalue weighted by atomic mass is 10.3. The van der Waals surface area contributed by atoms with E-state index in [2.05, 4.69) is 0 Å². The third-order valence-electron chi connectivity index (χ3n) is 0.993. The van der Waals surface area contributed by atoms with E-state index >= 15 is 0 Å². The maximum absolute atomic E-state index is 8.57. The lowest BCUT2D eigenvalue weighted by Crippen LogP contribution is -2.18. The van der Waals surface area contributed by atoms with Gasteiger partial charge in [-0.3, -0.25) is 0 Å². The van der Waals surface area contributed by atoms with Crippen LogP contribution >= 0.6 is 0 Å². The summed E-state index contributed by atoms with van der Waals surface area (Å²) in [5.74, 6) is 0. The number of aliphatic hydroxyl groups is 1. The van der Waals surface area contributed by atoms with Crippen LogP contribution in [0.15, 0.2) is 0 Å². The first-order valence-electron chi connectivity index (χ1n) is 3.28. The van der Waals surface area contributed by atoms with Crippen LogP contribution in [0, 0.1) is 0 Å². The molecule has 0 bridgehead atoms. The van der Waals surface area contributed by atoms with E-state index in [9.17, 15) is 0 Å². The highest BCUT2D eigenvalue weighted by atomic mass is 16.5. The number of aliphatic hydroxyl groups excluding tert-OH is 1. The fourth-order valence-electron chi connectivity index (χ4n) is 0.539. The van der Waals surface area contributed by atoms with Gasteiger partial charge in [-0.05, 0) is 19.8 Å². The van der Waals surface area contributed by atoms with Gasteiger partial charge in [-0.2, -0.15) is 0 Å². The summed E-state index contributed by atoms with van der Waals surface area (Å²) in [5, 5.41) is 8.57. The van der Waals surface area contributed by atoms with Crippen molar-refractivity contribution in [2.75, 3.05) is 13.2 Å². The van der Waals surface area contributed by atoms with Gasteiger partial charge in [0.2, 0.25) is 0 Å². The van der Waals surface area contributed by atoms with Crippen LogP contribution in [0.25, 0.3) is 0 Å². The Kier molecular flexibility index (Phi) is 5.93. The maximum Gasteiger partial charge on any atom is 0.102 e. The molecule has 0 saturated carbocycles. The first-order chi connectivity index (χ1) is 4.27. The van der Waals surface area contributed by atoms with Crippen molar-refractivity contribution in [3.8, 4) is 0 Å². The zero-order valence-electron chi connectivity index (χ0n) is 5.84. The van der Waals surface area contributed by atoms with E-state index in [1.807, 2.05) is 6.92 Å². The summed E-state index contributed by atoms with van der Waals surface area (Å²) < 4.78 is 5.02. The van der Waals surface area contributed by atoms with Crippen LogP contribution in [-0.4, -0.2) is 24.5 Å². The van der Waals surface area contributed by atoms with E-state index in [0.29, 0.717) is 13.0 Å². The minimum Gasteiger partial charge on any atom is -0.382 e. The summed E-state index contributed by atoms with van der Waals surface area (Å²) in [7, 11) is 0. The summed E-state index contributed by atoms with van der Waals surface area (Å²) >= 11 is 0. The fraction of sp³-hybridized carbons (Fsp3) is 1.00. The topological polar surface area (TPSA) is 55.5 Å². The third-order valence-corrected chi connectivity index (χ3v) is 0.993. The summed E-state index contributed by atoms with van der Waals surface area (Å²) in [6.45, 7) is 3.38. The molecule has 0 heterocycles. The van der Waals surface area contributed by atoms with Crippen LogP contribution in [0.5, 0.6) is 0 Å². The van der Waals surface area contributed by atoms with Crippen LogP contribution in [0.3, 0.4) is 0 Å². The predicted molar refractivity (Wildman–Crippen MR) is 35.9 cm³/mol. The number of nitrogens with two attached hydrogens (primary N) is 1. The SMILES string of the molecule is CCOCCCC(N)O. The van der Waals surface area contributed by atoms with Gasteiger partial charge in [0.15, 0.2) is 0 Å². The Bertz CT molecular complexity index is 57.0. The van der Waals surface area contributed by atoms with Crippen molar-refractivity contribution in [2.45, 2.75) is 26.0 Å². The van der Waals surface area contributed by atoms with Gasteiger partial charge in [0.1, 0.15) is 6.23 Å². The molecule has 1 atom stereocenters. The quantitative estimate of drug-likeness (QED) is 0.412. The zero-order chi connectivity index (χ0) is 7.11. The molecule has 0 fully saturated rings. The molecular formula is C6H15NO2. The van der Waals surface area contributed by atoms with Crippen LogP contribution in [0.4, 0.5) is 0 Å². The minimum atomic E-state index is -0.676. The lowest BCUT2D eigenvalue weighted by molar-refractivity contribution is 0.117. The van der Waals surface area contributed by atoms with E-state index in [0.717, 1.165) is 13.0 Å². The first-order valence-corrected chi connectivity index (χ1v) is 3.28. The highest BCUT2D eigenvalue weighted by Gasteiger charge is 1.93. The van der Waals surface area contributed by atoms with E-state index in [4.69, 9.17) is 15.6 Å². The Balaban J connectivity index is 2.75. The van der Waals surface area contributed by atoms with Crippen LogP contribution in [0.2, 0.25) is 0 Å². The van der Waals surface area contributed by atoms with Crippen molar-refractivity contribution in [3.63, 3.8) is 0 Å². The first kappa shape index (κ1) is 8.88. The molecule has 0 rings (SSSR count). The highest BCUT2D eigenvalue weighted by Crippen LogP contribution is 1.90. The molecule has 3 nitrogen and oxygen atoms in total. The second-order valence-corrected chi connectivity index (χ2v) is 1.91. The van der Waals surface area contributed by atoms with Gasteiger partial charge in [0, 0.05) is 13.2 Å². The second kappa shape index (κ2) is 6.01. The highest BCUT2D eigenvalue weighted by molar-refractivity contribution is 4.43. The molecule has 1 unspecified atom stereocenters. The number of hydrogen-bond acceptors (Lipinski definition) is 3. The lowest BCUT2D eigenvalue weighted by Gasteiger charge is -2.02. The molecule has 3 heteroatoms. The molecule has 0 aliphatic heterocycles. The van der Waals surface area contributed by atoms with Crippen LogP contribution < -0.4 is 5.73 Å². The Labute approximate surface area is 55.8 Å². The maximum atomic E-state index is 8.57. The van der Waals surface area contributed by atoms with Gasteiger partial charge in [-0.25, -0.2) is 0 Å². The standard InChI is InChI=1S/C6H15NO2/c1-2-9-5-3-4-6(7)8/h6,8H,2-5,7H2,1H3. The molecule has 9 heavy (non-hydrogen) atoms.